The van der Waals surface area contributed by atoms with Crippen LogP contribution >= 0.6 is 0 Å². The second-order valence-corrected chi connectivity index (χ2v) is 16.5. The van der Waals surface area contributed by atoms with E-state index in [1.165, 1.54) is 72.6 Å². The SMILES string of the molecule is Cc1ccc(-c2ccc(N(c3ccc4c(c3)C(C)(C)c3ccccc3-4)c3ccc4c(c3)C3(c5ccccc5C5C=CC=CC53)C3C=CC=CC43)cc2)cc1. The van der Waals surface area contributed by atoms with Crippen molar-refractivity contribution in [2.24, 2.45) is 11.8 Å². The first-order valence-corrected chi connectivity index (χ1v) is 19.6. The van der Waals surface area contributed by atoms with E-state index in [0.717, 1.165) is 5.69 Å². The lowest BCUT2D eigenvalue weighted by Crippen LogP contribution is -2.38. The molecular formula is C53H43N. The molecule has 0 saturated carbocycles. The van der Waals surface area contributed by atoms with Crippen LogP contribution in [0.25, 0.3) is 22.3 Å². The van der Waals surface area contributed by atoms with Gasteiger partial charge in [0.2, 0.25) is 0 Å². The van der Waals surface area contributed by atoms with Gasteiger partial charge in [0.15, 0.2) is 0 Å². The van der Waals surface area contributed by atoms with Crippen molar-refractivity contribution in [1.29, 1.82) is 0 Å². The number of fused-ring (bicyclic) bond motifs is 13. The molecule has 54 heavy (non-hydrogen) atoms. The first kappa shape index (κ1) is 31.6. The van der Waals surface area contributed by atoms with E-state index in [1.54, 1.807) is 0 Å². The molecule has 0 fully saturated rings. The van der Waals surface area contributed by atoms with E-state index in [2.05, 4.69) is 208 Å². The molecule has 0 saturated heterocycles. The minimum atomic E-state index is -0.164. The lowest BCUT2D eigenvalue weighted by molar-refractivity contribution is 0.312. The fourth-order valence-electron chi connectivity index (χ4n) is 11.1. The van der Waals surface area contributed by atoms with Crippen LogP contribution in [0.2, 0.25) is 0 Å². The Bertz CT molecular complexity index is 2600. The zero-order chi connectivity index (χ0) is 36.2. The Morgan fingerprint density at radius 2 is 0.963 bits per heavy atom. The molecule has 11 rings (SSSR count). The molecule has 0 amide bonds. The molecule has 5 aliphatic rings. The zero-order valence-electron chi connectivity index (χ0n) is 31.1. The van der Waals surface area contributed by atoms with Crippen molar-refractivity contribution in [3.8, 4) is 22.3 Å². The van der Waals surface area contributed by atoms with Gasteiger partial charge in [-0.15, -0.1) is 0 Å². The fraction of sp³-hybridized carbons (Fsp3) is 0.170. The van der Waals surface area contributed by atoms with Gasteiger partial charge in [-0.3, -0.25) is 0 Å². The van der Waals surface area contributed by atoms with Crippen LogP contribution in [-0.4, -0.2) is 0 Å². The molecule has 260 valence electrons. The highest BCUT2D eigenvalue weighted by Gasteiger charge is 2.61. The summed E-state index contributed by atoms with van der Waals surface area (Å²) in [6, 6.07) is 50.9. The number of aryl methyl sites for hydroxylation is 1. The maximum absolute atomic E-state index is 2.57. The molecule has 0 aliphatic heterocycles. The molecule has 0 N–H and O–H groups in total. The van der Waals surface area contributed by atoms with Crippen LogP contribution in [0.4, 0.5) is 17.1 Å². The van der Waals surface area contributed by atoms with Gasteiger partial charge in [-0.2, -0.15) is 0 Å². The highest BCUT2D eigenvalue weighted by atomic mass is 15.1. The van der Waals surface area contributed by atoms with Crippen LogP contribution in [0.1, 0.15) is 64.6 Å². The predicted octanol–water partition coefficient (Wildman–Crippen LogP) is 13.4. The van der Waals surface area contributed by atoms with Gasteiger partial charge in [0.1, 0.15) is 0 Å². The Morgan fingerprint density at radius 3 is 1.67 bits per heavy atom. The highest BCUT2D eigenvalue weighted by Crippen LogP contribution is 2.68. The summed E-state index contributed by atoms with van der Waals surface area (Å²) in [6.45, 7) is 6.91. The molecule has 5 unspecified atom stereocenters. The normalized spacial score (nSPS) is 24.1. The summed E-state index contributed by atoms with van der Waals surface area (Å²) in [5, 5.41) is 0. The van der Waals surface area contributed by atoms with Crippen molar-refractivity contribution in [3.05, 3.63) is 221 Å². The van der Waals surface area contributed by atoms with Gasteiger partial charge in [0.25, 0.3) is 0 Å². The maximum Gasteiger partial charge on any atom is 0.0465 e. The minimum absolute atomic E-state index is 0.0946. The number of rotatable bonds is 4. The van der Waals surface area contributed by atoms with Crippen molar-refractivity contribution in [1.82, 2.24) is 0 Å². The van der Waals surface area contributed by atoms with Crippen LogP contribution in [0.15, 0.2) is 182 Å². The lowest BCUT2D eigenvalue weighted by Gasteiger charge is -2.41. The summed E-state index contributed by atoms with van der Waals surface area (Å²) in [5.41, 5.74) is 18.4. The van der Waals surface area contributed by atoms with Crippen molar-refractivity contribution < 1.29 is 0 Å². The van der Waals surface area contributed by atoms with Gasteiger partial charge < -0.3 is 4.90 Å². The van der Waals surface area contributed by atoms with Gasteiger partial charge in [0, 0.05) is 51.6 Å². The molecule has 0 heterocycles. The fourth-order valence-corrected chi connectivity index (χ4v) is 11.1. The Morgan fingerprint density at radius 1 is 0.444 bits per heavy atom. The number of hydrogen-bond acceptors (Lipinski definition) is 1. The number of anilines is 3. The highest BCUT2D eigenvalue weighted by molar-refractivity contribution is 5.86. The molecule has 1 spiro atoms. The number of nitrogens with zero attached hydrogens (tertiary/aromatic N) is 1. The summed E-state index contributed by atoms with van der Waals surface area (Å²) in [4.78, 5) is 2.51. The Balaban J connectivity index is 1.12. The lowest BCUT2D eigenvalue weighted by atomic mass is 9.61. The van der Waals surface area contributed by atoms with Gasteiger partial charge in [-0.1, -0.05) is 165 Å². The summed E-state index contributed by atoms with van der Waals surface area (Å²) in [7, 11) is 0. The van der Waals surface area contributed by atoms with Crippen LogP contribution in [0.5, 0.6) is 0 Å². The third kappa shape index (κ3) is 4.27. The largest absolute Gasteiger partial charge is 0.310 e. The van der Waals surface area contributed by atoms with Gasteiger partial charge in [-0.05, 0) is 99.0 Å². The molecule has 1 nitrogen and oxygen atoms in total. The van der Waals surface area contributed by atoms with E-state index in [1.807, 2.05) is 0 Å². The van der Waals surface area contributed by atoms with Crippen molar-refractivity contribution >= 4 is 17.1 Å². The summed E-state index contributed by atoms with van der Waals surface area (Å²) in [5.74, 6) is 1.40. The molecule has 0 radical (unpaired) electrons. The third-order valence-electron chi connectivity index (χ3n) is 13.5. The van der Waals surface area contributed by atoms with Crippen molar-refractivity contribution in [2.75, 3.05) is 4.90 Å². The van der Waals surface area contributed by atoms with E-state index < -0.39 is 0 Å². The Hall–Kier alpha value is -5.92. The standard InChI is InChI=1S/C53H43N/c1-34-20-22-35(23-21-34)36-24-26-37(27-25-36)54(38-28-30-44-40-12-4-8-16-46(40)52(2,3)50(44)32-38)39-29-31-45-43-15-7-11-19-49(43)53(51(45)33-39)47-17-9-5-13-41(47)42-14-6-10-18-48(42)53/h4-33,41,43,47,49H,1-3H3. The second-order valence-electron chi connectivity index (χ2n) is 16.5. The quantitative estimate of drug-likeness (QED) is 0.178. The van der Waals surface area contributed by atoms with E-state index >= 15 is 0 Å². The van der Waals surface area contributed by atoms with Crippen LogP contribution < -0.4 is 4.90 Å². The van der Waals surface area contributed by atoms with Crippen molar-refractivity contribution in [3.63, 3.8) is 0 Å². The predicted molar refractivity (Wildman–Crippen MR) is 225 cm³/mol. The second kappa shape index (κ2) is 11.5. The molecular weight excluding hydrogens is 651 g/mol. The van der Waals surface area contributed by atoms with Crippen LogP contribution in [0, 0.1) is 18.8 Å². The monoisotopic (exact) mass is 693 g/mol. The first-order valence-electron chi connectivity index (χ1n) is 19.6. The Kier molecular flexibility index (Phi) is 6.75. The summed E-state index contributed by atoms with van der Waals surface area (Å²) >= 11 is 0. The summed E-state index contributed by atoms with van der Waals surface area (Å²) in [6.07, 6.45) is 19.0. The Labute approximate surface area is 319 Å². The van der Waals surface area contributed by atoms with E-state index in [-0.39, 0.29) is 10.8 Å². The smallest absolute Gasteiger partial charge is 0.0465 e. The molecule has 1 heteroatoms. The molecule has 5 atom stereocenters. The van der Waals surface area contributed by atoms with E-state index in [9.17, 15) is 0 Å². The average Bonchev–Trinajstić information content (AvgIpc) is 3.77. The van der Waals surface area contributed by atoms with E-state index in [0.29, 0.717) is 23.7 Å². The number of hydrogen-bond donors (Lipinski definition) is 0. The van der Waals surface area contributed by atoms with Gasteiger partial charge in [0.05, 0.1) is 0 Å². The third-order valence-corrected chi connectivity index (χ3v) is 13.5. The first-order chi connectivity index (χ1) is 26.4. The van der Waals surface area contributed by atoms with Crippen molar-refractivity contribution in [2.45, 2.75) is 43.4 Å². The van der Waals surface area contributed by atoms with Gasteiger partial charge >= 0.3 is 0 Å². The number of allylic oxidation sites excluding steroid dienone is 8. The average molecular weight is 694 g/mol. The molecule has 6 aromatic rings. The molecule has 5 aliphatic carbocycles. The van der Waals surface area contributed by atoms with Crippen LogP contribution in [-0.2, 0) is 10.8 Å². The zero-order valence-corrected chi connectivity index (χ0v) is 31.1. The molecule has 0 aromatic heterocycles. The molecule has 6 aromatic carbocycles. The molecule has 0 bridgehead atoms. The topological polar surface area (TPSA) is 3.24 Å². The van der Waals surface area contributed by atoms with Crippen LogP contribution in [0.3, 0.4) is 0 Å². The van der Waals surface area contributed by atoms with E-state index in [4.69, 9.17) is 0 Å². The number of benzene rings is 6. The minimum Gasteiger partial charge on any atom is -0.310 e. The maximum atomic E-state index is 2.57. The summed E-state index contributed by atoms with van der Waals surface area (Å²) < 4.78 is 0. The van der Waals surface area contributed by atoms with Gasteiger partial charge in [-0.25, -0.2) is 0 Å².